The average molecular weight is 493 g/mol. The largest absolute Gasteiger partial charge is 0.482 e. The molecule has 0 saturated heterocycles. The van der Waals surface area contributed by atoms with Crippen molar-refractivity contribution in [3.8, 4) is 5.75 Å². The first kappa shape index (κ1) is 23.4. The van der Waals surface area contributed by atoms with Gasteiger partial charge in [0.25, 0.3) is 0 Å². The van der Waals surface area contributed by atoms with E-state index in [1.807, 2.05) is 0 Å². The Morgan fingerprint density at radius 3 is 2.31 bits per heavy atom. The van der Waals surface area contributed by atoms with Gasteiger partial charge in [0, 0.05) is 18.3 Å². The molecular formula is C17H13ClF4N6O3S. The van der Waals surface area contributed by atoms with Gasteiger partial charge >= 0.3 is 6.18 Å². The van der Waals surface area contributed by atoms with E-state index >= 15 is 0 Å². The number of halogens is 5. The minimum absolute atomic E-state index is 0.0142. The molecule has 170 valence electrons. The molecule has 3 rings (SSSR count). The van der Waals surface area contributed by atoms with Crippen LogP contribution in [0.1, 0.15) is 0 Å². The van der Waals surface area contributed by atoms with Crippen LogP contribution in [0.15, 0.2) is 47.8 Å². The number of primary sulfonamides is 1. The monoisotopic (exact) mass is 492 g/mol. The second-order valence-corrected chi connectivity index (χ2v) is 8.09. The Hall–Kier alpha value is -3.23. The second-order valence-electron chi connectivity index (χ2n) is 6.13. The Bertz CT molecular complexity index is 1230. The molecule has 0 saturated carbocycles. The zero-order valence-electron chi connectivity index (χ0n) is 15.7. The predicted molar refractivity (Wildman–Crippen MR) is 107 cm³/mol. The number of alkyl halides is 3. The van der Waals surface area contributed by atoms with Crippen LogP contribution in [0.25, 0.3) is 0 Å². The lowest BCUT2D eigenvalue weighted by Crippen LogP contribution is -2.20. The minimum Gasteiger partial charge on any atom is -0.482 e. The zero-order valence-corrected chi connectivity index (χ0v) is 17.3. The van der Waals surface area contributed by atoms with Crippen molar-refractivity contribution in [1.82, 2.24) is 15.0 Å². The molecule has 0 spiro atoms. The van der Waals surface area contributed by atoms with Crippen LogP contribution in [0.4, 0.5) is 40.7 Å². The maximum Gasteiger partial charge on any atom is 0.422 e. The molecule has 0 aliphatic rings. The quantitative estimate of drug-likeness (QED) is 0.425. The smallest absolute Gasteiger partial charge is 0.422 e. The van der Waals surface area contributed by atoms with E-state index in [0.717, 1.165) is 6.33 Å². The summed E-state index contributed by atoms with van der Waals surface area (Å²) >= 11 is 5.77. The van der Waals surface area contributed by atoms with Crippen LogP contribution in [-0.4, -0.2) is 36.2 Å². The highest BCUT2D eigenvalue weighted by molar-refractivity contribution is 7.89. The molecular weight excluding hydrogens is 480 g/mol. The third kappa shape index (κ3) is 6.38. The molecule has 0 atom stereocenters. The molecule has 0 unspecified atom stereocenters. The molecule has 1 aromatic carbocycles. The van der Waals surface area contributed by atoms with Crippen molar-refractivity contribution < 1.29 is 30.7 Å². The van der Waals surface area contributed by atoms with E-state index in [4.69, 9.17) is 16.7 Å². The molecule has 4 N–H and O–H groups in total. The summed E-state index contributed by atoms with van der Waals surface area (Å²) in [6.07, 6.45) is -2.22. The van der Waals surface area contributed by atoms with Crippen LogP contribution in [0.5, 0.6) is 5.75 Å². The van der Waals surface area contributed by atoms with Gasteiger partial charge in [0.2, 0.25) is 10.0 Å². The molecule has 0 fully saturated rings. The van der Waals surface area contributed by atoms with Crippen LogP contribution in [0.2, 0.25) is 5.02 Å². The number of hydrogen-bond donors (Lipinski definition) is 3. The summed E-state index contributed by atoms with van der Waals surface area (Å²) < 4.78 is 79.6. The number of nitrogens with two attached hydrogens (primary N) is 1. The SMILES string of the molecule is NS(=O)(=O)c1cc(Nc2cc(Nc3ccc(Cl)cn3)ncn2)c(OCC(F)(F)F)cc1F. The van der Waals surface area contributed by atoms with Gasteiger partial charge in [-0.1, -0.05) is 11.6 Å². The Labute approximate surface area is 183 Å². The fourth-order valence-corrected chi connectivity index (χ4v) is 3.07. The number of nitrogens with one attached hydrogen (secondary N) is 2. The summed E-state index contributed by atoms with van der Waals surface area (Å²) in [7, 11) is -4.52. The van der Waals surface area contributed by atoms with Crippen molar-refractivity contribution >= 4 is 44.8 Å². The van der Waals surface area contributed by atoms with Crippen LogP contribution in [0, 0.1) is 5.82 Å². The first-order valence-electron chi connectivity index (χ1n) is 8.44. The van der Waals surface area contributed by atoms with E-state index < -0.39 is 39.3 Å². The van der Waals surface area contributed by atoms with Gasteiger partial charge in [-0.05, 0) is 18.2 Å². The molecule has 3 aromatic rings. The highest BCUT2D eigenvalue weighted by atomic mass is 35.5. The number of rotatable bonds is 7. The van der Waals surface area contributed by atoms with Gasteiger partial charge in [-0.25, -0.2) is 32.9 Å². The van der Waals surface area contributed by atoms with Crippen LogP contribution >= 0.6 is 11.6 Å². The van der Waals surface area contributed by atoms with E-state index in [0.29, 0.717) is 23.0 Å². The molecule has 9 nitrogen and oxygen atoms in total. The van der Waals surface area contributed by atoms with Gasteiger partial charge in [-0.15, -0.1) is 0 Å². The molecule has 0 aliphatic carbocycles. The van der Waals surface area contributed by atoms with E-state index in [9.17, 15) is 26.0 Å². The molecule has 0 bridgehead atoms. The van der Waals surface area contributed by atoms with E-state index in [1.165, 1.54) is 12.3 Å². The molecule has 15 heteroatoms. The Morgan fingerprint density at radius 2 is 1.72 bits per heavy atom. The number of benzene rings is 1. The summed E-state index contributed by atoms with van der Waals surface area (Å²) in [5.41, 5.74) is -0.325. The van der Waals surface area contributed by atoms with Crippen LogP contribution in [0.3, 0.4) is 0 Å². The van der Waals surface area contributed by atoms with Gasteiger partial charge in [-0.3, -0.25) is 0 Å². The van der Waals surface area contributed by atoms with Crippen LogP contribution < -0.4 is 20.5 Å². The number of anilines is 4. The maximum atomic E-state index is 14.1. The molecule has 0 amide bonds. The summed E-state index contributed by atoms with van der Waals surface area (Å²) in [5.74, 6) is -1.37. The molecule has 2 aromatic heterocycles. The highest BCUT2D eigenvalue weighted by Gasteiger charge is 2.29. The highest BCUT2D eigenvalue weighted by Crippen LogP contribution is 2.33. The lowest BCUT2D eigenvalue weighted by molar-refractivity contribution is -0.153. The van der Waals surface area contributed by atoms with Gasteiger partial charge in [0.1, 0.15) is 40.2 Å². The maximum absolute atomic E-state index is 14.1. The Balaban J connectivity index is 1.93. The van der Waals surface area contributed by atoms with Crippen molar-refractivity contribution in [2.75, 3.05) is 17.2 Å². The number of ether oxygens (including phenoxy) is 1. The topological polar surface area (TPSA) is 132 Å². The summed E-state index contributed by atoms with van der Waals surface area (Å²) in [4.78, 5) is 10.9. The van der Waals surface area contributed by atoms with Crippen molar-refractivity contribution in [3.63, 3.8) is 0 Å². The first-order valence-corrected chi connectivity index (χ1v) is 10.4. The van der Waals surface area contributed by atoms with E-state index in [2.05, 4.69) is 30.3 Å². The summed E-state index contributed by atoms with van der Waals surface area (Å²) in [6.45, 7) is -1.74. The second kappa shape index (κ2) is 9.10. The predicted octanol–water partition coefficient (Wildman–Crippen LogP) is 3.74. The average Bonchev–Trinajstić information content (AvgIpc) is 2.68. The van der Waals surface area contributed by atoms with E-state index in [1.54, 1.807) is 12.1 Å². The van der Waals surface area contributed by atoms with Crippen LogP contribution in [-0.2, 0) is 10.0 Å². The van der Waals surface area contributed by atoms with Crippen molar-refractivity contribution in [1.29, 1.82) is 0 Å². The van der Waals surface area contributed by atoms with Crippen molar-refractivity contribution in [3.05, 3.63) is 53.7 Å². The summed E-state index contributed by atoms with van der Waals surface area (Å²) in [6, 6.07) is 5.66. The fraction of sp³-hybridized carbons (Fsp3) is 0.118. The van der Waals surface area contributed by atoms with Gasteiger partial charge in [0.15, 0.2) is 6.61 Å². The third-order valence-electron chi connectivity index (χ3n) is 3.65. The van der Waals surface area contributed by atoms with Gasteiger partial charge in [-0.2, -0.15) is 13.2 Å². The molecule has 0 aliphatic heterocycles. The Kier molecular flexibility index (Phi) is 6.66. The normalized spacial score (nSPS) is 11.8. The third-order valence-corrected chi connectivity index (χ3v) is 4.79. The number of hydrogen-bond acceptors (Lipinski definition) is 8. The van der Waals surface area contributed by atoms with Gasteiger partial charge < -0.3 is 15.4 Å². The van der Waals surface area contributed by atoms with Gasteiger partial charge in [0.05, 0.1) is 10.7 Å². The zero-order chi connectivity index (χ0) is 23.5. The fourth-order valence-electron chi connectivity index (χ4n) is 2.34. The standard InChI is InChI=1S/C17H13ClF4N6O3S/c18-9-1-2-14(24-6-9)28-16-5-15(25-8-26-16)27-11-4-13(32(23,29)30)10(19)3-12(11)31-7-17(20,21)22/h1-6,8H,7H2,(H2,23,29,30)(H2,24,25,26,27,28). The first-order chi connectivity index (χ1) is 14.9. The minimum atomic E-state index is -4.72. The molecule has 0 radical (unpaired) electrons. The number of sulfonamides is 1. The van der Waals surface area contributed by atoms with E-state index in [-0.39, 0.29) is 17.3 Å². The lowest BCUT2D eigenvalue weighted by Gasteiger charge is -2.16. The van der Waals surface area contributed by atoms with Crippen molar-refractivity contribution in [2.45, 2.75) is 11.1 Å². The molecule has 32 heavy (non-hydrogen) atoms. The lowest BCUT2D eigenvalue weighted by atomic mass is 10.2. The Morgan fingerprint density at radius 1 is 1.03 bits per heavy atom. The number of nitrogens with zero attached hydrogens (tertiary/aromatic N) is 3. The molecule has 2 heterocycles. The van der Waals surface area contributed by atoms with Crippen molar-refractivity contribution in [2.24, 2.45) is 5.14 Å². The number of pyridine rings is 1. The summed E-state index contributed by atoms with van der Waals surface area (Å²) in [5, 5.41) is 10.8. The number of aromatic nitrogens is 3.